The first-order valence-electron chi connectivity index (χ1n) is 7.18. The second kappa shape index (κ2) is 7.49. The summed E-state index contributed by atoms with van der Waals surface area (Å²) >= 11 is 3.51. The van der Waals surface area contributed by atoms with Gasteiger partial charge in [0, 0.05) is 19.1 Å². The van der Waals surface area contributed by atoms with E-state index in [-0.39, 0.29) is 10.7 Å². The van der Waals surface area contributed by atoms with Crippen LogP contribution in [0.15, 0.2) is 0 Å². The Bertz CT molecular complexity index is 259. The maximum absolute atomic E-state index is 12.2. The molecule has 1 atom stereocenters. The molecule has 1 amide bonds. The quantitative estimate of drug-likeness (QED) is 0.728. The van der Waals surface area contributed by atoms with Gasteiger partial charge in [-0.2, -0.15) is 0 Å². The molecular formula is C14H27BrN2O. The molecule has 0 radical (unpaired) electrons. The maximum Gasteiger partial charge on any atom is 0.236 e. The minimum Gasteiger partial charge on any atom is -0.342 e. The minimum atomic E-state index is -0.0255. The molecule has 3 nitrogen and oxygen atoms in total. The van der Waals surface area contributed by atoms with E-state index in [9.17, 15) is 4.79 Å². The van der Waals surface area contributed by atoms with Crippen molar-refractivity contribution in [2.75, 3.05) is 26.2 Å². The fourth-order valence-electron chi connectivity index (χ4n) is 2.65. The third-order valence-corrected chi connectivity index (χ3v) is 5.38. The predicted molar refractivity (Wildman–Crippen MR) is 80.1 cm³/mol. The molecule has 1 unspecified atom stereocenters. The van der Waals surface area contributed by atoms with Crippen LogP contribution in [0.4, 0.5) is 0 Å². The van der Waals surface area contributed by atoms with E-state index >= 15 is 0 Å². The van der Waals surface area contributed by atoms with Crippen LogP contribution in [0.1, 0.15) is 40.5 Å². The normalized spacial score (nSPS) is 19.6. The molecule has 0 spiro atoms. The SMILES string of the molecule is CCN(CC)C1CCN(C(=O)C(Br)C(C)C)CC1. The van der Waals surface area contributed by atoms with Gasteiger partial charge < -0.3 is 9.80 Å². The topological polar surface area (TPSA) is 23.6 Å². The van der Waals surface area contributed by atoms with Crippen molar-refractivity contribution < 1.29 is 4.79 Å². The highest BCUT2D eigenvalue weighted by Crippen LogP contribution is 2.21. The summed E-state index contributed by atoms with van der Waals surface area (Å²) in [6.07, 6.45) is 2.23. The average molecular weight is 319 g/mol. The predicted octanol–water partition coefficient (Wildman–Crippen LogP) is 2.74. The summed E-state index contributed by atoms with van der Waals surface area (Å²) in [5, 5.41) is 0. The number of hydrogen-bond donors (Lipinski definition) is 0. The number of halogens is 1. The summed E-state index contributed by atoms with van der Waals surface area (Å²) in [4.78, 5) is 16.7. The zero-order chi connectivity index (χ0) is 13.7. The summed E-state index contributed by atoms with van der Waals surface area (Å²) in [7, 11) is 0. The van der Waals surface area contributed by atoms with Crippen LogP contribution in [-0.2, 0) is 4.79 Å². The molecule has 0 aromatic rings. The molecule has 4 heteroatoms. The smallest absolute Gasteiger partial charge is 0.236 e. The van der Waals surface area contributed by atoms with Crippen LogP contribution < -0.4 is 0 Å². The lowest BCUT2D eigenvalue weighted by molar-refractivity contribution is -0.132. The molecule has 1 heterocycles. The first-order valence-corrected chi connectivity index (χ1v) is 8.09. The van der Waals surface area contributed by atoms with Gasteiger partial charge in [0.2, 0.25) is 5.91 Å². The molecule has 0 bridgehead atoms. The van der Waals surface area contributed by atoms with Gasteiger partial charge in [-0.15, -0.1) is 0 Å². The van der Waals surface area contributed by atoms with E-state index in [4.69, 9.17) is 0 Å². The highest BCUT2D eigenvalue weighted by atomic mass is 79.9. The second-order valence-corrected chi connectivity index (χ2v) is 6.41. The summed E-state index contributed by atoms with van der Waals surface area (Å²) < 4.78 is 0. The Kier molecular flexibility index (Phi) is 6.64. The van der Waals surface area contributed by atoms with Gasteiger partial charge in [-0.25, -0.2) is 0 Å². The first kappa shape index (κ1) is 16.0. The van der Waals surface area contributed by atoms with Crippen molar-refractivity contribution in [3.8, 4) is 0 Å². The average Bonchev–Trinajstić information content (AvgIpc) is 2.39. The van der Waals surface area contributed by atoms with Gasteiger partial charge in [-0.3, -0.25) is 4.79 Å². The molecule has 0 aliphatic carbocycles. The fourth-order valence-corrected chi connectivity index (χ4v) is 2.94. The Morgan fingerprint density at radius 1 is 1.28 bits per heavy atom. The maximum atomic E-state index is 12.2. The highest BCUT2D eigenvalue weighted by Gasteiger charge is 2.29. The molecule has 1 aliphatic heterocycles. The van der Waals surface area contributed by atoms with Crippen molar-refractivity contribution in [3.63, 3.8) is 0 Å². The first-order chi connectivity index (χ1) is 8.51. The van der Waals surface area contributed by atoms with E-state index in [1.807, 2.05) is 4.90 Å². The molecule has 106 valence electrons. The van der Waals surface area contributed by atoms with Crippen molar-refractivity contribution in [3.05, 3.63) is 0 Å². The van der Waals surface area contributed by atoms with Crippen LogP contribution in [-0.4, -0.2) is 52.8 Å². The van der Waals surface area contributed by atoms with Gasteiger partial charge in [-0.1, -0.05) is 43.6 Å². The monoisotopic (exact) mass is 318 g/mol. The lowest BCUT2D eigenvalue weighted by atomic mass is 10.0. The number of hydrogen-bond acceptors (Lipinski definition) is 2. The molecule has 1 fully saturated rings. The van der Waals surface area contributed by atoms with Crippen molar-refractivity contribution in [2.24, 2.45) is 5.92 Å². The van der Waals surface area contributed by atoms with Crippen molar-refractivity contribution >= 4 is 21.8 Å². The fraction of sp³-hybridized carbons (Fsp3) is 0.929. The van der Waals surface area contributed by atoms with Gasteiger partial charge in [0.05, 0.1) is 4.83 Å². The summed E-state index contributed by atoms with van der Waals surface area (Å²) in [5.41, 5.74) is 0. The van der Waals surface area contributed by atoms with Crippen molar-refractivity contribution in [1.29, 1.82) is 0 Å². The molecule has 0 N–H and O–H groups in total. The highest BCUT2D eigenvalue weighted by molar-refractivity contribution is 9.10. The lowest BCUT2D eigenvalue weighted by Gasteiger charge is -2.38. The molecule has 0 aromatic heterocycles. The zero-order valence-corrected chi connectivity index (χ0v) is 13.7. The van der Waals surface area contributed by atoms with Crippen molar-refractivity contribution in [1.82, 2.24) is 9.80 Å². The van der Waals surface area contributed by atoms with Gasteiger partial charge in [0.15, 0.2) is 0 Å². The van der Waals surface area contributed by atoms with Crippen LogP contribution in [0.5, 0.6) is 0 Å². The van der Waals surface area contributed by atoms with E-state index in [1.54, 1.807) is 0 Å². The molecule has 0 aromatic carbocycles. The Morgan fingerprint density at radius 3 is 2.17 bits per heavy atom. The van der Waals surface area contributed by atoms with Crippen molar-refractivity contribution in [2.45, 2.75) is 51.4 Å². The number of amides is 1. The Morgan fingerprint density at radius 2 is 1.78 bits per heavy atom. The van der Waals surface area contributed by atoms with Gasteiger partial charge in [0.1, 0.15) is 0 Å². The van der Waals surface area contributed by atoms with Crippen LogP contribution in [0.3, 0.4) is 0 Å². The van der Waals surface area contributed by atoms with Crippen LogP contribution in [0.2, 0.25) is 0 Å². The minimum absolute atomic E-state index is 0.0255. The molecule has 1 rings (SSSR count). The van der Waals surface area contributed by atoms with Crippen LogP contribution in [0.25, 0.3) is 0 Å². The zero-order valence-electron chi connectivity index (χ0n) is 12.2. The summed E-state index contributed by atoms with van der Waals surface area (Å²) in [5.74, 6) is 0.626. The number of nitrogens with zero attached hydrogens (tertiary/aromatic N) is 2. The number of alkyl halides is 1. The molecule has 18 heavy (non-hydrogen) atoms. The van der Waals surface area contributed by atoms with Gasteiger partial charge >= 0.3 is 0 Å². The number of rotatable bonds is 5. The van der Waals surface area contributed by atoms with Gasteiger partial charge in [-0.05, 0) is 31.8 Å². The van der Waals surface area contributed by atoms with E-state index in [0.717, 1.165) is 39.0 Å². The molecular weight excluding hydrogens is 292 g/mol. The summed E-state index contributed by atoms with van der Waals surface area (Å²) in [6, 6.07) is 0.664. The largest absolute Gasteiger partial charge is 0.342 e. The number of likely N-dealkylation sites (tertiary alicyclic amines) is 1. The van der Waals surface area contributed by atoms with Crippen LogP contribution >= 0.6 is 15.9 Å². The Hall–Kier alpha value is -0.0900. The number of carbonyl (C=O) groups excluding carboxylic acids is 1. The number of carbonyl (C=O) groups is 1. The third kappa shape index (κ3) is 3.95. The second-order valence-electron chi connectivity index (χ2n) is 5.42. The van der Waals surface area contributed by atoms with E-state index in [2.05, 4.69) is 48.5 Å². The third-order valence-electron chi connectivity index (χ3n) is 3.93. The molecule has 0 saturated carbocycles. The molecule has 1 aliphatic rings. The number of piperidine rings is 1. The Labute approximate surface area is 120 Å². The Balaban J connectivity index is 2.46. The summed E-state index contributed by atoms with van der Waals surface area (Å²) in [6.45, 7) is 12.6. The van der Waals surface area contributed by atoms with Gasteiger partial charge in [0.25, 0.3) is 0 Å². The standard InChI is InChI=1S/C14H27BrN2O/c1-5-16(6-2)12-7-9-17(10-8-12)14(18)13(15)11(3)4/h11-13H,5-10H2,1-4H3. The van der Waals surface area contributed by atoms with E-state index in [0.29, 0.717) is 12.0 Å². The lowest BCUT2D eigenvalue weighted by Crippen LogP contribution is -2.49. The van der Waals surface area contributed by atoms with E-state index in [1.165, 1.54) is 0 Å². The van der Waals surface area contributed by atoms with E-state index < -0.39 is 0 Å². The van der Waals surface area contributed by atoms with Crippen LogP contribution in [0, 0.1) is 5.92 Å². The molecule has 1 saturated heterocycles.